The first kappa shape index (κ1) is 15.6. The van der Waals surface area contributed by atoms with Crippen molar-refractivity contribution in [1.82, 2.24) is 9.78 Å². The van der Waals surface area contributed by atoms with E-state index in [2.05, 4.69) is 12.0 Å². The molecule has 1 heterocycles. The fourth-order valence-corrected chi connectivity index (χ4v) is 2.66. The number of aromatic nitrogens is 2. The van der Waals surface area contributed by atoms with Crippen LogP contribution in [0.25, 0.3) is 0 Å². The molecule has 1 aromatic carbocycles. The number of benzene rings is 1. The predicted molar refractivity (Wildman–Crippen MR) is 83.7 cm³/mol. The number of nitrogens with zero attached hydrogens (tertiary/aromatic N) is 2. The first-order valence-electron chi connectivity index (χ1n) is 7.31. The van der Waals surface area contributed by atoms with Crippen molar-refractivity contribution in [3.8, 4) is 5.75 Å². The summed E-state index contributed by atoms with van der Waals surface area (Å²) in [4.78, 5) is 0. The van der Waals surface area contributed by atoms with E-state index in [9.17, 15) is 5.11 Å². The van der Waals surface area contributed by atoms with Crippen molar-refractivity contribution in [3.05, 3.63) is 46.8 Å². The van der Waals surface area contributed by atoms with Gasteiger partial charge in [-0.25, -0.2) is 0 Å². The highest BCUT2D eigenvalue weighted by Crippen LogP contribution is 2.18. The van der Waals surface area contributed by atoms with Crippen LogP contribution in [0.2, 0.25) is 0 Å². The third-order valence-corrected chi connectivity index (χ3v) is 3.99. The van der Waals surface area contributed by atoms with E-state index >= 15 is 0 Å². The van der Waals surface area contributed by atoms with E-state index in [4.69, 9.17) is 4.74 Å². The van der Waals surface area contributed by atoms with Crippen molar-refractivity contribution in [3.63, 3.8) is 0 Å². The first-order valence-corrected chi connectivity index (χ1v) is 7.31. The fourth-order valence-electron chi connectivity index (χ4n) is 2.66. The van der Waals surface area contributed by atoms with Gasteiger partial charge in [0.05, 0.1) is 18.9 Å². The van der Waals surface area contributed by atoms with Crippen LogP contribution < -0.4 is 4.74 Å². The Morgan fingerprint density at radius 1 is 1.33 bits per heavy atom. The molecule has 2 aromatic rings. The van der Waals surface area contributed by atoms with Crippen LogP contribution >= 0.6 is 0 Å². The zero-order valence-electron chi connectivity index (χ0n) is 13.3. The number of aliphatic hydroxyl groups is 1. The van der Waals surface area contributed by atoms with Gasteiger partial charge in [0.15, 0.2) is 0 Å². The molecule has 0 aliphatic heterocycles. The van der Waals surface area contributed by atoms with Gasteiger partial charge < -0.3 is 9.84 Å². The molecule has 1 atom stereocenters. The highest BCUT2D eigenvalue weighted by atomic mass is 16.5. The molecule has 0 fully saturated rings. The number of aryl methyl sites for hydroxylation is 2. The molecule has 4 heteroatoms. The van der Waals surface area contributed by atoms with Crippen LogP contribution in [0, 0.1) is 13.8 Å². The lowest BCUT2D eigenvalue weighted by Gasteiger charge is -2.11. The summed E-state index contributed by atoms with van der Waals surface area (Å²) in [5.74, 6) is 0.832. The van der Waals surface area contributed by atoms with Gasteiger partial charge in [0.1, 0.15) is 5.75 Å². The Bertz CT molecular complexity index is 605. The average Bonchev–Trinajstić information content (AvgIpc) is 2.70. The summed E-state index contributed by atoms with van der Waals surface area (Å²) in [7, 11) is 3.61. The number of aliphatic hydroxyl groups excluding tert-OH is 1. The van der Waals surface area contributed by atoms with Crippen LogP contribution in [0.1, 0.15) is 28.9 Å². The molecule has 1 N–H and O–H groups in total. The van der Waals surface area contributed by atoms with E-state index in [-0.39, 0.29) is 6.10 Å². The SMILES string of the molecule is COc1cccc(CC(O)CCc2c(C)nn(C)c2C)c1. The number of hydrogen-bond donors (Lipinski definition) is 1. The lowest BCUT2D eigenvalue weighted by molar-refractivity contribution is 0.165. The second-order valence-corrected chi connectivity index (χ2v) is 5.52. The van der Waals surface area contributed by atoms with Crippen LogP contribution in [-0.4, -0.2) is 28.1 Å². The molecule has 2 rings (SSSR count). The van der Waals surface area contributed by atoms with Gasteiger partial charge in [-0.05, 0) is 56.4 Å². The van der Waals surface area contributed by atoms with Crippen LogP contribution in [0.4, 0.5) is 0 Å². The molecule has 4 nitrogen and oxygen atoms in total. The van der Waals surface area contributed by atoms with Crippen molar-refractivity contribution < 1.29 is 9.84 Å². The van der Waals surface area contributed by atoms with Crippen LogP contribution in [0.5, 0.6) is 5.75 Å². The Morgan fingerprint density at radius 2 is 2.10 bits per heavy atom. The summed E-state index contributed by atoms with van der Waals surface area (Å²) in [6.07, 6.45) is 1.90. The van der Waals surface area contributed by atoms with Crippen molar-refractivity contribution in [2.24, 2.45) is 7.05 Å². The zero-order valence-corrected chi connectivity index (χ0v) is 13.3. The van der Waals surface area contributed by atoms with Gasteiger partial charge in [-0.3, -0.25) is 4.68 Å². The van der Waals surface area contributed by atoms with Gasteiger partial charge >= 0.3 is 0 Å². The molecule has 114 valence electrons. The molecule has 0 saturated heterocycles. The number of rotatable bonds is 6. The van der Waals surface area contributed by atoms with Gasteiger partial charge in [0.25, 0.3) is 0 Å². The fraction of sp³-hybridized carbons (Fsp3) is 0.471. The highest BCUT2D eigenvalue weighted by Gasteiger charge is 2.12. The van der Waals surface area contributed by atoms with Crippen LogP contribution in [0.3, 0.4) is 0 Å². The molecule has 1 unspecified atom stereocenters. The van der Waals surface area contributed by atoms with Gasteiger partial charge in [-0.2, -0.15) is 5.10 Å². The average molecular weight is 288 g/mol. The summed E-state index contributed by atoms with van der Waals surface area (Å²) < 4.78 is 7.11. The standard InChI is InChI=1S/C17H24N2O2/c1-12-17(13(2)19(3)18-12)9-8-15(20)10-14-6-5-7-16(11-14)21-4/h5-7,11,15,20H,8-10H2,1-4H3. The van der Waals surface area contributed by atoms with E-state index in [0.29, 0.717) is 6.42 Å². The monoisotopic (exact) mass is 288 g/mol. The first-order chi connectivity index (χ1) is 10.0. The third kappa shape index (κ3) is 3.85. The minimum atomic E-state index is -0.351. The molecule has 1 aromatic heterocycles. The maximum absolute atomic E-state index is 10.2. The Kier molecular flexibility index (Phi) is 5.02. The van der Waals surface area contributed by atoms with E-state index in [1.54, 1.807) is 7.11 Å². The molecule has 0 saturated carbocycles. The predicted octanol–water partition coefficient (Wildman–Crippen LogP) is 2.58. The van der Waals surface area contributed by atoms with Crippen molar-refractivity contribution in [1.29, 1.82) is 0 Å². The Balaban J connectivity index is 1.94. The van der Waals surface area contributed by atoms with Gasteiger partial charge in [0.2, 0.25) is 0 Å². The molecular weight excluding hydrogens is 264 g/mol. The Hall–Kier alpha value is -1.81. The molecule has 0 radical (unpaired) electrons. The molecule has 0 aliphatic rings. The van der Waals surface area contributed by atoms with E-state index in [1.165, 1.54) is 11.3 Å². The minimum Gasteiger partial charge on any atom is -0.497 e. The van der Waals surface area contributed by atoms with E-state index in [1.807, 2.05) is 42.9 Å². The Morgan fingerprint density at radius 3 is 2.71 bits per heavy atom. The largest absolute Gasteiger partial charge is 0.497 e. The van der Waals surface area contributed by atoms with Crippen molar-refractivity contribution >= 4 is 0 Å². The molecule has 0 bridgehead atoms. The summed E-state index contributed by atoms with van der Waals surface area (Å²) in [6.45, 7) is 4.10. The maximum atomic E-state index is 10.2. The summed E-state index contributed by atoms with van der Waals surface area (Å²) in [5, 5.41) is 14.7. The van der Waals surface area contributed by atoms with Gasteiger partial charge in [0, 0.05) is 12.7 Å². The molecule has 0 amide bonds. The quantitative estimate of drug-likeness (QED) is 0.888. The van der Waals surface area contributed by atoms with Crippen molar-refractivity contribution in [2.45, 2.75) is 39.2 Å². The number of hydrogen-bond acceptors (Lipinski definition) is 3. The Labute approximate surface area is 126 Å². The third-order valence-electron chi connectivity index (χ3n) is 3.99. The summed E-state index contributed by atoms with van der Waals surface area (Å²) in [5.41, 5.74) is 4.59. The normalized spacial score (nSPS) is 12.4. The topological polar surface area (TPSA) is 47.3 Å². The molecule has 0 spiro atoms. The molecule has 0 aliphatic carbocycles. The minimum absolute atomic E-state index is 0.351. The summed E-state index contributed by atoms with van der Waals surface area (Å²) >= 11 is 0. The lowest BCUT2D eigenvalue weighted by atomic mass is 10.0. The molecule has 21 heavy (non-hydrogen) atoms. The van der Waals surface area contributed by atoms with Crippen LogP contribution in [0.15, 0.2) is 24.3 Å². The number of methoxy groups -OCH3 is 1. The lowest BCUT2D eigenvalue weighted by Crippen LogP contribution is -2.12. The number of ether oxygens (including phenoxy) is 1. The molecular formula is C17H24N2O2. The van der Waals surface area contributed by atoms with Crippen LogP contribution in [-0.2, 0) is 19.9 Å². The van der Waals surface area contributed by atoms with Gasteiger partial charge in [-0.1, -0.05) is 12.1 Å². The van der Waals surface area contributed by atoms with E-state index in [0.717, 1.165) is 29.8 Å². The maximum Gasteiger partial charge on any atom is 0.119 e. The van der Waals surface area contributed by atoms with Crippen molar-refractivity contribution in [2.75, 3.05) is 7.11 Å². The smallest absolute Gasteiger partial charge is 0.119 e. The second-order valence-electron chi connectivity index (χ2n) is 5.52. The summed E-state index contributed by atoms with van der Waals surface area (Å²) in [6, 6.07) is 7.87. The van der Waals surface area contributed by atoms with E-state index < -0.39 is 0 Å². The highest BCUT2D eigenvalue weighted by molar-refractivity contribution is 5.29. The van der Waals surface area contributed by atoms with Gasteiger partial charge in [-0.15, -0.1) is 0 Å². The zero-order chi connectivity index (χ0) is 15.4. The second kappa shape index (κ2) is 6.76.